The average molecular weight is 294 g/mol. The smallest absolute Gasteiger partial charge is 0.307 e. The van der Waals surface area contributed by atoms with E-state index in [9.17, 15) is 4.79 Å². The van der Waals surface area contributed by atoms with Crippen LogP contribution in [0.15, 0.2) is 6.33 Å². The van der Waals surface area contributed by atoms with Gasteiger partial charge in [0, 0.05) is 13.5 Å². The molecule has 0 unspecified atom stereocenters. The predicted molar refractivity (Wildman–Crippen MR) is 75.9 cm³/mol. The highest BCUT2D eigenvalue weighted by Crippen LogP contribution is 2.20. The third kappa shape index (κ3) is 3.37. The van der Waals surface area contributed by atoms with E-state index in [1.165, 1.54) is 6.33 Å². The molecule has 0 radical (unpaired) electrons. The van der Waals surface area contributed by atoms with Crippen LogP contribution in [0, 0.1) is 0 Å². The van der Waals surface area contributed by atoms with Crippen LogP contribution in [0.2, 0.25) is 0 Å². The van der Waals surface area contributed by atoms with Gasteiger partial charge in [-0.3, -0.25) is 20.0 Å². The summed E-state index contributed by atoms with van der Waals surface area (Å²) >= 11 is 0. The molecule has 21 heavy (non-hydrogen) atoms. The molecule has 0 atom stereocenters. The fraction of sp³-hybridized carbons (Fsp3) is 0.500. The van der Waals surface area contributed by atoms with Crippen LogP contribution < -0.4 is 10.8 Å². The van der Waals surface area contributed by atoms with Gasteiger partial charge in [-0.1, -0.05) is 13.3 Å². The molecule has 2 aromatic rings. The molecular formula is C12H18N6O3. The zero-order valence-electron chi connectivity index (χ0n) is 12.0. The molecule has 9 heteroatoms. The van der Waals surface area contributed by atoms with Crippen LogP contribution in [0.25, 0.3) is 11.2 Å². The number of esters is 1. The summed E-state index contributed by atoms with van der Waals surface area (Å²) in [4.78, 5) is 23.9. The van der Waals surface area contributed by atoms with E-state index in [4.69, 9.17) is 9.94 Å². The summed E-state index contributed by atoms with van der Waals surface area (Å²) in [5, 5.41) is 11.9. The van der Waals surface area contributed by atoms with Crippen molar-refractivity contribution in [2.45, 2.75) is 32.9 Å². The van der Waals surface area contributed by atoms with Crippen molar-refractivity contribution in [1.29, 1.82) is 0 Å². The first-order valence-electron chi connectivity index (χ1n) is 6.66. The SMILES string of the molecule is CCCCC(=O)OCn1cnc2c(NO)nc(NC)nc21. The van der Waals surface area contributed by atoms with Crippen molar-refractivity contribution in [2.24, 2.45) is 0 Å². The number of hydrogen-bond donors (Lipinski definition) is 3. The highest BCUT2D eigenvalue weighted by atomic mass is 16.5. The van der Waals surface area contributed by atoms with Crippen LogP contribution in [0.4, 0.5) is 11.8 Å². The minimum Gasteiger partial charge on any atom is -0.444 e. The van der Waals surface area contributed by atoms with Crippen LogP contribution in [-0.2, 0) is 16.3 Å². The zero-order valence-corrected chi connectivity index (χ0v) is 12.0. The molecule has 0 aliphatic heterocycles. The molecule has 0 amide bonds. The molecule has 0 spiro atoms. The van der Waals surface area contributed by atoms with E-state index in [0.717, 1.165) is 12.8 Å². The molecule has 0 aliphatic rings. The number of aromatic nitrogens is 4. The van der Waals surface area contributed by atoms with Crippen LogP contribution in [-0.4, -0.2) is 37.7 Å². The second kappa shape index (κ2) is 6.84. The third-order valence-corrected chi connectivity index (χ3v) is 2.89. The Hall–Kier alpha value is -2.42. The molecular weight excluding hydrogens is 276 g/mol. The highest BCUT2D eigenvalue weighted by Gasteiger charge is 2.13. The summed E-state index contributed by atoms with van der Waals surface area (Å²) in [7, 11) is 1.66. The first-order chi connectivity index (χ1) is 10.2. The number of unbranched alkanes of at least 4 members (excludes halogenated alkanes) is 1. The Balaban J connectivity index is 2.19. The number of nitrogens with zero attached hydrogens (tertiary/aromatic N) is 4. The Kier molecular flexibility index (Phi) is 4.88. The van der Waals surface area contributed by atoms with Crippen molar-refractivity contribution >= 4 is 28.9 Å². The fourth-order valence-electron chi connectivity index (χ4n) is 1.76. The standard InChI is InChI=1S/C12H18N6O3/c1-3-4-5-8(19)21-7-18-6-14-9-10(17-20)15-12(13-2)16-11(9)18/h6,20H,3-5,7H2,1-2H3,(H2,13,15,16,17). The Bertz CT molecular complexity index is 627. The lowest BCUT2D eigenvalue weighted by Gasteiger charge is -2.07. The fourth-order valence-corrected chi connectivity index (χ4v) is 1.76. The summed E-state index contributed by atoms with van der Waals surface area (Å²) in [6.07, 6.45) is 3.61. The highest BCUT2D eigenvalue weighted by molar-refractivity contribution is 5.83. The summed E-state index contributed by atoms with van der Waals surface area (Å²) in [5.74, 6) is 0.237. The quantitative estimate of drug-likeness (QED) is 0.518. The zero-order chi connectivity index (χ0) is 15.2. The molecule has 0 bridgehead atoms. The molecule has 3 N–H and O–H groups in total. The maximum Gasteiger partial charge on any atom is 0.307 e. The van der Waals surface area contributed by atoms with Gasteiger partial charge in [0.05, 0.1) is 6.33 Å². The van der Waals surface area contributed by atoms with E-state index in [1.54, 1.807) is 11.6 Å². The molecule has 0 saturated carbocycles. The van der Waals surface area contributed by atoms with Gasteiger partial charge >= 0.3 is 5.97 Å². The van der Waals surface area contributed by atoms with Crippen LogP contribution in [0.5, 0.6) is 0 Å². The Morgan fingerprint density at radius 1 is 1.48 bits per heavy atom. The lowest BCUT2D eigenvalue weighted by molar-refractivity contribution is -0.147. The molecule has 9 nitrogen and oxygen atoms in total. The lowest BCUT2D eigenvalue weighted by atomic mass is 10.3. The van der Waals surface area contributed by atoms with Gasteiger partial charge in [-0.15, -0.1) is 0 Å². The van der Waals surface area contributed by atoms with E-state index in [1.807, 2.05) is 12.4 Å². The van der Waals surface area contributed by atoms with E-state index in [-0.39, 0.29) is 18.5 Å². The Morgan fingerprint density at radius 3 is 2.95 bits per heavy atom. The number of rotatable bonds is 7. The average Bonchev–Trinajstić information content (AvgIpc) is 2.92. The minimum atomic E-state index is -0.262. The lowest BCUT2D eigenvalue weighted by Crippen LogP contribution is -2.10. The number of carbonyl (C=O) groups excluding carboxylic acids is 1. The van der Waals surface area contributed by atoms with Crippen molar-refractivity contribution < 1.29 is 14.7 Å². The molecule has 0 fully saturated rings. The van der Waals surface area contributed by atoms with Gasteiger partial charge in [0.2, 0.25) is 5.95 Å². The van der Waals surface area contributed by atoms with Gasteiger partial charge in [-0.25, -0.2) is 4.98 Å². The third-order valence-electron chi connectivity index (χ3n) is 2.89. The topological polar surface area (TPSA) is 114 Å². The maximum absolute atomic E-state index is 11.5. The van der Waals surface area contributed by atoms with Crippen molar-refractivity contribution in [3.8, 4) is 0 Å². The van der Waals surface area contributed by atoms with Crippen molar-refractivity contribution in [2.75, 3.05) is 17.8 Å². The maximum atomic E-state index is 11.5. The van der Waals surface area contributed by atoms with Crippen molar-refractivity contribution in [3.05, 3.63) is 6.33 Å². The largest absolute Gasteiger partial charge is 0.444 e. The first-order valence-corrected chi connectivity index (χ1v) is 6.66. The molecule has 0 aromatic carbocycles. The van der Waals surface area contributed by atoms with Crippen LogP contribution >= 0.6 is 0 Å². The van der Waals surface area contributed by atoms with E-state index >= 15 is 0 Å². The van der Waals surface area contributed by atoms with Gasteiger partial charge in [-0.2, -0.15) is 9.97 Å². The second-order valence-corrected chi connectivity index (χ2v) is 4.39. The predicted octanol–water partition coefficient (Wildman–Crippen LogP) is 1.36. The van der Waals surface area contributed by atoms with Gasteiger partial charge in [0.1, 0.15) is 0 Å². The van der Waals surface area contributed by atoms with Gasteiger partial charge in [0.25, 0.3) is 0 Å². The summed E-state index contributed by atoms with van der Waals surface area (Å²) in [6, 6.07) is 0. The van der Waals surface area contributed by atoms with Crippen LogP contribution in [0.3, 0.4) is 0 Å². The van der Waals surface area contributed by atoms with E-state index in [2.05, 4.69) is 20.3 Å². The molecule has 0 aliphatic carbocycles. The Morgan fingerprint density at radius 2 is 2.29 bits per heavy atom. The second-order valence-electron chi connectivity index (χ2n) is 4.39. The van der Waals surface area contributed by atoms with Gasteiger partial charge in [-0.05, 0) is 6.42 Å². The van der Waals surface area contributed by atoms with Gasteiger partial charge in [0.15, 0.2) is 23.7 Å². The first kappa shape index (κ1) is 15.0. The van der Waals surface area contributed by atoms with Crippen molar-refractivity contribution in [3.63, 3.8) is 0 Å². The molecule has 2 heterocycles. The van der Waals surface area contributed by atoms with Crippen molar-refractivity contribution in [1.82, 2.24) is 19.5 Å². The normalized spacial score (nSPS) is 10.6. The molecule has 2 aromatic heterocycles. The summed E-state index contributed by atoms with van der Waals surface area (Å²) < 4.78 is 6.74. The number of anilines is 2. The van der Waals surface area contributed by atoms with E-state index < -0.39 is 0 Å². The summed E-state index contributed by atoms with van der Waals surface area (Å²) in [5.41, 5.74) is 2.82. The number of nitrogens with one attached hydrogen (secondary N) is 2. The van der Waals surface area contributed by atoms with Crippen LogP contribution in [0.1, 0.15) is 26.2 Å². The molecule has 2 rings (SSSR count). The number of hydrogen-bond acceptors (Lipinski definition) is 8. The summed E-state index contributed by atoms with van der Waals surface area (Å²) in [6.45, 7) is 2.03. The van der Waals surface area contributed by atoms with Gasteiger partial charge < -0.3 is 10.1 Å². The minimum absolute atomic E-state index is 0.0179. The number of imidazole rings is 1. The number of fused-ring (bicyclic) bond motifs is 1. The number of carbonyl (C=O) groups is 1. The van der Waals surface area contributed by atoms with E-state index in [0.29, 0.717) is 23.5 Å². The molecule has 114 valence electrons. The molecule has 0 saturated heterocycles. The Labute approximate surface area is 121 Å². The number of ether oxygens (including phenoxy) is 1. The monoisotopic (exact) mass is 294 g/mol.